The molecule has 0 fully saturated rings. The molecule has 0 aliphatic heterocycles. The number of alkyl halides is 3. The van der Waals surface area contributed by atoms with Crippen LogP contribution >= 0.6 is 0 Å². The number of aliphatic hydroxyl groups excluding tert-OH is 1. The number of aliphatic hydroxyl groups is 1. The lowest BCUT2D eigenvalue weighted by Gasteiger charge is -2.23. The maximum atomic E-state index is 13.0. The summed E-state index contributed by atoms with van der Waals surface area (Å²) in [7, 11) is 0. The molecule has 22 heavy (non-hydrogen) atoms. The number of hydrogen-bond donors (Lipinski definition) is 2. The molecule has 0 aliphatic carbocycles. The van der Waals surface area contributed by atoms with Gasteiger partial charge in [-0.15, -0.1) is 0 Å². The van der Waals surface area contributed by atoms with Crippen LogP contribution in [0.15, 0.2) is 48.5 Å². The molecule has 0 saturated carbocycles. The van der Waals surface area contributed by atoms with Gasteiger partial charge in [0, 0.05) is 12.5 Å². The molecule has 0 heterocycles. The molecule has 118 valence electrons. The molecule has 6 heteroatoms. The van der Waals surface area contributed by atoms with E-state index in [1.165, 1.54) is 36.4 Å². The molecule has 0 bridgehead atoms. The zero-order chi connectivity index (χ0) is 16.3. The lowest BCUT2D eigenvalue weighted by Crippen LogP contribution is -2.28. The number of halogens is 4. The van der Waals surface area contributed by atoms with Crippen molar-refractivity contribution in [1.82, 2.24) is 0 Å². The zero-order valence-electron chi connectivity index (χ0n) is 11.5. The normalized spacial score (nSPS) is 14.6. The number of rotatable bonds is 4. The van der Waals surface area contributed by atoms with Gasteiger partial charge in [-0.2, -0.15) is 13.2 Å². The third kappa shape index (κ3) is 3.64. The van der Waals surface area contributed by atoms with E-state index in [9.17, 15) is 22.7 Å². The van der Waals surface area contributed by atoms with E-state index in [2.05, 4.69) is 0 Å². The number of hydrogen-bond acceptors (Lipinski definition) is 2. The van der Waals surface area contributed by atoms with E-state index in [-0.39, 0.29) is 6.54 Å². The Kier molecular flexibility index (Phi) is 4.83. The molecule has 2 nitrogen and oxygen atoms in total. The smallest absolute Gasteiger partial charge is 0.391 e. The van der Waals surface area contributed by atoms with E-state index >= 15 is 0 Å². The Morgan fingerprint density at radius 3 is 1.77 bits per heavy atom. The lowest BCUT2D eigenvalue weighted by atomic mass is 9.86. The quantitative estimate of drug-likeness (QED) is 0.851. The third-order valence-electron chi connectivity index (χ3n) is 3.45. The molecule has 0 aromatic heterocycles. The molecule has 2 atom stereocenters. The summed E-state index contributed by atoms with van der Waals surface area (Å²) in [6.07, 6.45) is -5.40. The highest BCUT2D eigenvalue weighted by Gasteiger charge is 2.31. The van der Waals surface area contributed by atoms with Crippen LogP contribution in [0.4, 0.5) is 17.6 Å². The summed E-state index contributed by atoms with van der Waals surface area (Å²) in [6.45, 7) is -0.0664. The fraction of sp³-hybridized carbons (Fsp3) is 0.250. The average Bonchev–Trinajstić information content (AvgIpc) is 2.49. The monoisotopic (exact) mass is 313 g/mol. The SMILES string of the molecule is NC[C@H](O)[C@@H](c1ccc(F)cc1)c1ccc(C(F)(F)F)cc1. The second kappa shape index (κ2) is 6.46. The van der Waals surface area contributed by atoms with Crippen molar-refractivity contribution in [1.29, 1.82) is 0 Å². The first-order valence-electron chi connectivity index (χ1n) is 6.63. The van der Waals surface area contributed by atoms with Crippen LogP contribution in [0.2, 0.25) is 0 Å². The van der Waals surface area contributed by atoms with Crippen LogP contribution in [0.1, 0.15) is 22.6 Å². The van der Waals surface area contributed by atoms with Gasteiger partial charge in [0.05, 0.1) is 11.7 Å². The van der Waals surface area contributed by atoms with Crippen molar-refractivity contribution in [2.24, 2.45) is 5.73 Å². The summed E-state index contributed by atoms with van der Waals surface area (Å²) in [5.41, 5.74) is 5.77. The molecule has 0 spiro atoms. The van der Waals surface area contributed by atoms with Crippen molar-refractivity contribution in [3.63, 3.8) is 0 Å². The van der Waals surface area contributed by atoms with Gasteiger partial charge in [0.15, 0.2) is 0 Å². The summed E-state index contributed by atoms with van der Waals surface area (Å²) in [4.78, 5) is 0. The van der Waals surface area contributed by atoms with Crippen molar-refractivity contribution in [2.75, 3.05) is 6.54 Å². The van der Waals surface area contributed by atoms with E-state index in [0.29, 0.717) is 11.1 Å². The van der Waals surface area contributed by atoms with Crippen molar-refractivity contribution >= 4 is 0 Å². The molecule has 0 unspecified atom stereocenters. The molecule has 0 radical (unpaired) electrons. The minimum absolute atomic E-state index is 0.0664. The first-order valence-corrected chi connectivity index (χ1v) is 6.63. The summed E-state index contributed by atoms with van der Waals surface area (Å²) in [5.74, 6) is -1.05. The molecule has 3 N–H and O–H groups in total. The van der Waals surface area contributed by atoms with E-state index in [1.807, 2.05) is 0 Å². The first kappa shape index (κ1) is 16.5. The molecule has 0 amide bonds. The Bertz CT molecular complexity index is 608. The van der Waals surface area contributed by atoms with Gasteiger partial charge in [0.2, 0.25) is 0 Å². The largest absolute Gasteiger partial charge is 0.416 e. The Balaban J connectivity index is 2.39. The molecule has 0 saturated heterocycles. The molecular weight excluding hydrogens is 298 g/mol. The number of benzene rings is 2. The predicted octanol–water partition coefficient (Wildman–Crippen LogP) is 3.30. The second-order valence-corrected chi connectivity index (χ2v) is 4.95. The Morgan fingerprint density at radius 2 is 1.36 bits per heavy atom. The predicted molar refractivity (Wildman–Crippen MR) is 74.7 cm³/mol. The van der Waals surface area contributed by atoms with Crippen molar-refractivity contribution in [3.8, 4) is 0 Å². The van der Waals surface area contributed by atoms with E-state index in [0.717, 1.165) is 12.1 Å². The van der Waals surface area contributed by atoms with Gasteiger partial charge in [-0.3, -0.25) is 0 Å². The first-order chi connectivity index (χ1) is 10.3. The van der Waals surface area contributed by atoms with Gasteiger partial charge in [0.1, 0.15) is 5.82 Å². The average molecular weight is 313 g/mol. The zero-order valence-corrected chi connectivity index (χ0v) is 11.5. The van der Waals surface area contributed by atoms with Gasteiger partial charge in [-0.25, -0.2) is 4.39 Å². The van der Waals surface area contributed by atoms with Crippen LogP contribution in [-0.4, -0.2) is 17.8 Å². The fourth-order valence-corrected chi connectivity index (χ4v) is 2.32. The van der Waals surface area contributed by atoms with Gasteiger partial charge in [-0.1, -0.05) is 24.3 Å². The van der Waals surface area contributed by atoms with Crippen LogP contribution in [0, 0.1) is 5.82 Å². The maximum absolute atomic E-state index is 13.0. The highest BCUT2D eigenvalue weighted by atomic mass is 19.4. The van der Waals surface area contributed by atoms with Crippen LogP contribution in [0.5, 0.6) is 0 Å². The van der Waals surface area contributed by atoms with Crippen LogP contribution in [-0.2, 0) is 6.18 Å². The standard InChI is InChI=1S/C16H15F4NO/c17-13-7-3-11(4-8-13)15(14(22)9-21)10-1-5-12(6-2-10)16(18,19)20/h1-8,14-15,22H,9,21H2/t14-,15+/m0/s1. The topological polar surface area (TPSA) is 46.2 Å². The van der Waals surface area contributed by atoms with Gasteiger partial charge < -0.3 is 10.8 Å². The van der Waals surface area contributed by atoms with E-state index in [1.54, 1.807) is 0 Å². The number of nitrogens with two attached hydrogens (primary N) is 1. The maximum Gasteiger partial charge on any atom is 0.416 e. The Labute approximate surface area is 125 Å². The van der Waals surface area contributed by atoms with Crippen molar-refractivity contribution in [3.05, 3.63) is 71.0 Å². The molecule has 2 aromatic carbocycles. The van der Waals surface area contributed by atoms with E-state index < -0.39 is 29.6 Å². The third-order valence-corrected chi connectivity index (χ3v) is 3.45. The van der Waals surface area contributed by atoms with Crippen LogP contribution in [0.3, 0.4) is 0 Å². The molecule has 2 rings (SSSR count). The Hall–Kier alpha value is -1.92. The van der Waals surface area contributed by atoms with E-state index in [4.69, 9.17) is 5.73 Å². The fourth-order valence-electron chi connectivity index (χ4n) is 2.32. The molecule has 2 aromatic rings. The van der Waals surface area contributed by atoms with Crippen LogP contribution in [0.25, 0.3) is 0 Å². The summed E-state index contributed by atoms with van der Waals surface area (Å²) in [5, 5.41) is 10.1. The highest BCUT2D eigenvalue weighted by Crippen LogP contribution is 2.33. The summed E-state index contributed by atoms with van der Waals surface area (Å²) < 4.78 is 50.8. The highest BCUT2D eigenvalue weighted by molar-refractivity contribution is 5.36. The van der Waals surface area contributed by atoms with Gasteiger partial charge in [-0.05, 0) is 35.4 Å². The minimum Gasteiger partial charge on any atom is -0.391 e. The summed E-state index contributed by atoms with van der Waals surface area (Å²) >= 11 is 0. The lowest BCUT2D eigenvalue weighted by molar-refractivity contribution is -0.137. The molecular formula is C16H15F4NO. The minimum atomic E-state index is -4.42. The summed E-state index contributed by atoms with van der Waals surface area (Å²) in [6, 6.07) is 9.94. The van der Waals surface area contributed by atoms with Gasteiger partial charge in [0.25, 0.3) is 0 Å². The van der Waals surface area contributed by atoms with Crippen molar-refractivity contribution in [2.45, 2.75) is 18.2 Å². The molecule has 0 aliphatic rings. The second-order valence-electron chi connectivity index (χ2n) is 4.95. The van der Waals surface area contributed by atoms with Gasteiger partial charge >= 0.3 is 6.18 Å². The van der Waals surface area contributed by atoms with Crippen LogP contribution < -0.4 is 5.73 Å². The Morgan fingerprint density at radius 1 is 0.909 bits per heavy atom. The van der Waals surface area contributed by atoms with Crippen molar-refractivity contribution < 1.29 is 22.7 Å².